The van der Waals surface area contributed by atoms with Gasteiger partial charge in [0, 0.05) is 23.6 Å². The van der Waals surface area contributed by atoms with Crippen LogP contribution in [-0.4, -0.2) is 27.8 Å². The summed E-state index contributed by atoms with van der Waals surface area (Å²) < 4.78 is 35.2. The van der Waals surface area contributed by atoms with Crippen LogP contribution in [0.25, 0.3) is 0 Å². The van der Waals surface area contributed by atoms with E-state index in [-0.39, 0.29) is 17.4 Å². The van der Waals surface area contributed by atoms with Gasteiger partial charge >= 0.3 is 0 Å². The number of nitrogens with one attached hydrogen (secondary N) is 1. The van der Waals surface area contributed by atoms with Crippen LogP contribution in [0.4, 0.5) is 0 Å². The molecule has 0 aliphatic carbocycles. The quantitative estimate of drug-likeness (QED) is 0.168. The largest absolute Gasteiger partial charge is 0.497 e. The Morgan fingerprint density at radius 2 is 1.21 bits per heavy atom. The summed E-state index contributed by atoms with van der Waals surface area (Å²) >= 11 is 0. The van der Waals surface area contributed by atoms with Crippen molar-refractivity contribution in [3.8, 4) is 5.75 Å². The van der Waals surface area contributed by atoms with Crippen molar-refractivity contribution in [3.63, 3.8) is 0 Å². The molecule has 5 aromatic carbocycles. The number of hydrogen-bond donors (Lipinski definition) is 1. The van der Waals surface area contributed by atoms with Crippen LogP contribution in [-0.2, 0) is 10.0 Å². The highest BCUT2D eigenvalue weighted by Gasteiger charge is 2.28. The molecule has 0 bridgehead atoms. The molecule has 0 heterocycles. The van der Waals surface area contributed by atoms with Gasteiger partial charge in [0.05, 0.1) is 23.8 Å². The summed E-state index contributed by atoms with van der Waals surface area (Å²) in [6.07, 6.45) is 0. The number of methoxy groups -OCH3 is 1. The van der Waals surface area contributed by atoms with Crippen molar-refractivity contribution in [1.82, 2.24) is 4.72 Å². The zero-order chi connectivity index (χ0) is 29.4. The maximum atomic E-state index is 13.4. The van der Waals surface area contributed by atoms with Gasteiger partial charge in [0.1, 0.15) is 5.75 Å². The van der Waals surface area contributed by atoms with Gasteiger partial charge in [-0.3, -0.25) is 4.99 Å². The maximum absolute atomic E-state index is 13.4. The third-order valence-electron chi connectivity index (χ3n) is 7.25. The third-order valence-corrected chi connectivity index (χ3v) is 8.69. The van der Waals surface area contributed by atoms with Crippen LogP contribution in [0.5, 0.6) is 5.75 Å². The SMILES string of the molecule is COc1ccc([C@@H](N=C(c2ccccc2)c2ccccc2)[C@@H](CNS(=O)(=O)c2ccc(C)cc2)c2ccccc2)cc1. The first-order chi connectivity index (χ1) is 20.4. The molecular formula is C36H34N2O3S. The van der Waals surface area contributed by atoms with E-state index < -0.39 is 16.1 Å². The lowest BCUT2D eigenvalue weighted by Crippen LogP contribution is -2.31. The van der Waals surface area contributed by atoms with E-state index in [1.165, 1.54) is 0 Å². The lowest BCUT2D eigenvalue weighted by atomic mass is 9.86. The summed E-state index contributed by atoms with van der Waals surface area (Å²) in [5, 5.41) is 0. The number of hydrogen-bond acceptors (Lipinski definition) is 4. The second kappa shape index (κ2) is 13.4. The Bertz CT molecular complexity index is 1660. The van der Waals surface area contributed by atoms with E-state index in [2.05, 4.69) is 29.0 Å². The Morgan fingerprint density at radius 3 is 1.74 bits per heavy atom. The average molecular weight is 575 g/mol. The minimum atomic E-state index is -3.76. The van der Waals surface area contributed by atoms with Crippen LogP contribution in [0.3, 0.4) is 0 Å². The van der Waals surface area contributed by atoms with Crippen LogP contribution in [0.15, 0.2) is 149 Å². The second-order valence-corrected chi connectivity index (χ2v) is 11.9. The molecule has 0 amide bonds. The summed E-state index contributed by atoms with van der Waals surface area (Å²) in [5.41, 5.74) is 5.72. The molecule has 2 atom stereocenters. The second-order valence-electron chi connectivity index (χ2n) is 10.1. The normalized spacial score (nSPS) is 12.7. The molecule has 0 radical (unpaired) electrons. The zero-order valence-corrected chi connectivity index (χ0v) is 24.5. The maximum Gasteiger partial charge on any atom is 0.240 e. The van der Waals surface area contributed by atoms with Gasteiger partial charge in [-0.15, -0.1) is 0 Å². The van der Waals surface area contributed by atoms with Crippen LogP contribution in [0, 0.1) is 6.92 Å². The van der Waals surface area contributed by atoms with Gasteiger partial charge in [0.2, 0.25) is 10.0 Å². The summed E-state index contributed by atoms with van der Waals surface area (Å²) in [7, 11) is -2.12. The molecular weight excluding hydrogens is 540 g/mol. The molecule has 0 aromatic heterocycles. The zero-order valence-electron chi connectivity index (χ0n) is 23.7. The number of sulfonamides is 1. The van der Waals surface area contributed by atoms with Crippen molar-refractivity contribution in [2.24, 2.45) is 4.99 Å². The van der Waals surface area contributed by atoms with Crippen molar-refractivity contribution in [2.75, 3.05) is 13.7 Å². The van der Waals surface area contributed by atoms with Gasteiger partial charge in [-0.05, 0) is 42.3 Å². The molecule has 0 spiro atoms. The molecule has 0 fully saturated rings. The lowest BCUT2D eigenvalue weighted by Gasteiger charge is -2.27. The number of aryl methyl sites for hydroxylation is 1. The van der Waals surface area contributed by atoms with Crippen molar-refractivity contribution >= 4 is 15.7 Å². The smallest absolute Gasteiger partial charge is 0.240 e. The first kappa shape index (κ1) is 29.0. The predicted molar refractivity (Wildman–Crippen MR) is 170 cm³/mol. The summed E-state index contributed by atoms with van der Waals surface area (Å²) in [6.45, 7) is 2.08. The van der Waals surface area contributed by atoms with Crippen molar-refractivity contribution in [3.05, 3.63) is 167 Å². The summed E-state index contributed by atoms with van der Waals surface area (Å²) in [4.78, 5) is 5.68. The van der Waals surface area contributed by atoms with Crippen LogP contribution in [0.1, 0.15) is 39.8 Å². The molecule has 6 heteroatoms. The Balaban J connectivity index is 1.65. The number of ether oxygens (including phenoxy) is 1. The van der Waals surface area contributed by atoms with E-state index in [4.69, 9.17) is 9.73 Å². The summed E-state index contributed by atoms with van der Waals surface area (Å²) in [6, 6.07) is 44.4. The highest BCUT2D eigenvalue weighted by atomic mass is 32.2. The molecule has 5 aromatic rings. The summed E-state index contributed by atoms with van der Waals surface area (Å²) in [5.74, 6) is 0.423. The third kappa shape index (κ3) is 7.03. The standard InChI is InChI=1S/C36H34N2O3S/c1-27-18-24-33(25-19-27)42(39,40)37-26-34(28-12-6-3-7-13-28)36(31-20-22-32(41-2)23-21-31)38-35(29-14-8-4-9-15-29)30-16-10-5-11-17-30/h3-25,34,36-37H,26H2,1-2H3/t34-,36+/m0/s1. The van der Waals surface area contributed by atoms with Gasteiger partial charge < -0.3 is 4.74 Å². The van der Waals surface area contributed by atoms with E-state index in [0.29, 0.717) is 0 Å². The fraction of sp³-hybridized carbons (Fsp3) is 0.139. The number of aliphatic imine (C=N–C) groups is 1. The molecule has 0 saturated carbocycles. The Morgan fingerprint density at radius 1 is 0.690 bits per heavy atom. The fourth-order valence-corrected chi connectivity index (χ4v) is 6.02. The Hall–Kier alpha value is -4.52. The first-order valence-corrected chi connectivity index (χ1v) is 15.4. The minimum absolute atomic E-state index is 0.150. The van der Waals surface area contributed by atoms with Crippen molar-refractivity contribution in [2.45, 2.75) is 23.8 Å². The van der Waals surface area contributed by atoms with Crippen LogP contribution < -0.4 is 9.46 Å². The van der Waals surface area contributed by atoms with E-state index in [9.17, 15) is 8.42 Å². The average Bonchev–Trinajstić information content (AvgIpc) is 3.04. The highest BCUT2D eigenvalue weighted by Crippen LogP contribution is 2.36. The molecule has 42 heavy (non-hydrogen) atoms. The van der Waals surface area contributed by atoms with Gasteiger partial charge in [0.15, 0.2) is 0 Å². The van der Waals surface area contributed by atoms with Crippen LogP contribution >= 0.6 is 0 Å². The molecule has 5 rings (SSSR count). The fourth-order valence-electron chi connectivity index (χ4n) is 4.96. The van der Waals surface area contributed by atoms with E-state index in [1.807, 2.05) is 97.9 Å². The van der Waals surface area contributed by atoms with Gasteiger partial charge in [-0.1, -0.05) is 121 Å². The first-order valence-electron chi connectivity index (χ1n) is 13.9. The number of benzene rings is 5. The predicted octanol–water partition coefficient (Wildman–Crippen LogP) is 7.34. The van der Waals surface area contributed by atoms with E-state index in [1.54, 1.807) is 31.4 Å². The number of rotatable bonds is 11. The van der Waals surface area contributed by atoms with Crippen molar-refractivity contribution in [1.29, 1.82) is 0 Å². The van der Waals surface area contributed by atoms with Crippen LogP contribution in [0.2, 0.25) is 0 Å². The lowest BCUT2D eigenvalue weighted by molar-refractivity contribution is 0.414. The molecule has 5 nitrogen and oxygen atoms in total. The monoisotopic (exact) mass is 574 g/mol. The molecule has 1 N–H and O–H groups in total. The van der Waals surface area contributed by atoms with E-state index in [0.717, 1.165) is 39.3 Å². The van der Waals surface area contributed by atoms with Crippen molar-refractivity contribution < 1.29 is 13.2 Å². The van der Waals surface area contributed by atoms with Gasteiger partial charge in [-0.25, -0.2) is 13.1 Å². The molecule has 0 saturated heterocycles. The minimum Gasteiger partial charge on any atom is -0.497 e. The molecule has 212 valence electrons. The Labute approximate surface area is 248 Å². The number of nitrogens with zero attached hydrogens (tertiary/aromatic N) is 1. The topological polar surface area (TPSA) is 67.8 Å². The molecule has 0 aliphatic rings. The van der Waals surface area contributed by atoms with E-state index >= 15 is 0 Å². The highest BCUT2D eigenvalue weighted by molar-refractivity contribution is 7.89. The van der Waals surface area contributed by atoms with Gasteiger partial charge in [0.25, 0.3) is 0 Å². The molecule has 0 aliphatic heterocycles. The van der Waals surface area contributed by atoms with Gasteiger partial charge in [-0.2, -0.15) is 0 Å². The Kier molecular flexibility index (Phi) is 9.27. The molecule has 0 unspecified atom stereocenters.